The number of hydrogen-bond acceptors (Lipinski definition) is 3. The van der Waals surface area contributed by atoms with E-state index in [9.17, 15) is 4.79 Å². The van der Waals surface area contributed by atoms with Crippen LogP contribution in [-0.2, 0) is 14.3 Å². The summed E-state index contributed by atoms with van der Waals surface area (Å²) in [5.74, 6) is -0.245. The Labute approximate surface area is 93.8 Å². The summed E-state index contributed by atoms with van der Waals surface area (Å²) in [6.45, 7) is 1.36. The van der Waals surface area contributed by atoms with Gasteiger partial charge in [0.05, 0.1) is 7.11 Å². The van der Waals surface area contributed by atoms with Crippen molar-refractivity contribution in [1.29, 1.82) is 0 Å². The molecule has 0 aliphatic rings. The maximum Gasteiger partial charge on any atom is 0.302 e. The Bertz CT molecular complexity index is 54.5. The van der Waals surface area contributed by atoms with Crippen molar-refractivity contribution >= 4 is 5.97 Å². The van der Waals surface area contributed by atoms with Gasteiger partial charge in [0, 0.05) is 21.1 Å². The molecule has 0 aromatic heterocycles. The minimum atomic E-state index is -0.245. The molecule has 3 nitrogen and oxygen atoms in total. The molecule has 0 bridgehead atoms. The van der Waals surface area contributed by atoms with Gasteiger partial charge in [0.15, 0.2) is 0 Å². The van der Waals surface area contributed by atoms with Gasteiger partial charge < -0.3 is 9.47 Å². The smallest absolute Gasteiger partial charge is 0.302 e. The Hall–Kier alpha value is -0.570. The zero-order valence-electron chi connectivity index (χ0n) is 5.72. The Balaban J connectivity index is -0.00000000626. The summed E-state index contributed by atoms with van der Waals surface area (Å²) < 4.78 is 8.36. The number of carbonyl (C=O) groups is 1. The monoisotopic (exact) mass is 216 g/mol. The zero-order valence-corrected chi connectivity index (χ0v) is 5.72. The summed E-state index contributed by atoms with van der Waals surface area (Å²) in [6.07, 6.45) is 0. The normalized spacial score (nSPS) is 3.71. The van der Waals surface area contributed by atoms with E-state index in [1.807, 2.05) is 0 Å². The van der Waals surface area contributed by atoms with Gasteiger partial charge in [-0.25, -0.2) is 0 Å². The standard InChI is InChI=1S/C3H6O2.C2H6O.6CH4/c1-3(4)5-2;1-3-2;;;;;;/h1-2H3;1-2H3;6*1H4. The summed E-state index contributed by atoms with van der Waals surface area (Å²) in [5, 5.41) is 0. The first kappa shape index (κ1) is 70.4. The predicted molar refractivity (Wildman–Crippen MR) is 71.0 cm³/mol. The van der Waals surface area contributed by atoms with Crippen molar-refractivity contribution in [3.8, 4) is 0 Å². The van der Waals surface area contributed by atoms with Crippen LogP contribution in [-0.4, -0.2) is 27.3 Å². The first-order chi connectivity index (χ1) is 3.68. The number of hydrogen-bond donors (Lipinski definition) is 0. The molecule has 14 heavy (non-hydrogen) atoms. The number of methoxy groups -OCH3 is 2. The molecule has 0 saturated heterocycles. The van der Waals surface area contributed by atoms with E-state index < -0.39 is 0 Å². The number of esters is 1. The minimum Gasteiger partial charge on any atom is -0.469 e. The summed E-state index contributed by atoms with van der Waals surface area (Å²) in [6, 6.07) is 0. The second-order valence-electron chi connectivity index (χ2n) is 1.10. The highest BCUT2D eigenvalue weighted by molar-refractivity contribution is 5.65. The van der Waals surface area contributed by atoms with Crippen LogP contribution in [0.2, 0.25) is 0 Å². The van der Waals surface area contributed by atoms with Crippen LogP contribution in [0.4, 0.5) is 0 Å². The van der Waals surface area contributed by atoms with Gasteiger partial charge in [-0.3, -0.25) is 4.79 Å². The quantitative estimate of drug-likeness (QED) is 0.568. The van der Waals surface area contributed by atoms with Crippen molar-refractivity contribution in [2.24, 2.45) is 0 Å². The van der Waals surface area contributed by atoms with Gasteiger partial charge in [0.25, 0.3) is 0 Å². The fraction of sp³-hybridized carbons (Fsp3) is 0.909. The molecule has 0 rings (SSSR count). The summed E-state index contributed by atoms with van der Waals surface area (Å²) >= 11 is 0. The third-order valence-corrected chi connectivity index (χ3v) is 0.287. The van der Waals surface area contributed by atoms with Crippen LogP contribution in [0.5, 0.6) is 0 Å². The van der Waals surface area contributed by atoms with Gasteiger partial charge in [-0.1, -0.05) is 44.6 Å². The highest BCUT2D eigenvalue weighted by Crippen LogP contribution is 1.60. The fourth-order valence-corrected chi connectivity index (χ4v) is 0. The van der Waals surface area contributed by atoms with Crippen LogP contribution in [0.1, 0.15) is 51.5 Å². The molecule has 0 unspecified atom stereocenters. The van der Waals surface area contributed by atoms with Crippen molar-refractivity contribution in [2.75, 3.05) is 21.3 Å². The van der Waals surface area contributed by atoms with Crippen LogP contribution in [0.15, 0.2) is 0 Å². The van der Waals surface area contributed by atoms with Crippen LogP contribution >= 0.6 is 0 Å². The van der Waals surface area contributed by atoms with Gasteiger partial charge in [-0.2, -0.15) is 0 Å². The van der Waals surface area contributed by atoms with Crippen molar-refractivity contribution in [2.45, 2.75) is 51.5 Å². The van der Waals surface area contributed by atoms with Gasteiger partial charge in [0.1, 0.15) is 0 Å². The molecule has 0 spiro atoms. The molecule has 0 amide bonds. The van der Waals surface area contributed by atoms with E-state index in [-0.39, 0.29) is 50.5 Å². The van der Waals surface area contributed by atoms with E-state index >= 15 is 0 Å². The summed E-state index contributed by atoms with van der Waals surface area (Å²) in [7, 11) is 4.60. The number of rotatable bonds is 0. The maximum absolute atomic E-state index is 9.59. The molecule has 0 saturated carbocycles. The third-order valence-electron chi connectivity index (χ3n) is 0.287. The Morgan fingerprint density at radius 3 is 0.857 bits per heavy atom. The van der Waals surface area contributed by atoms with Gasteiger partial charge in [-0.05, 0) is 0 Å². The molecule has 0 aliphatic carbocycles. The first-order valence-electron chi connectivity index (χ1n) is 2.13. The average Bonchev–Trinajstić information content (AvgIpc) is 1.69. The molecule has 98 valence electrons. The molecule has 0 aromatic rings. The first-order valence-corrected chi connectivity index (χ1v) is 2.13. The van der Waals surface area contributed by atoms with Crippen LogP contribution < -0.4 is 0 Å². The lowest BCUT2D eigenvalue weighted by molar-refractivity contribution is -0.137. The molecule has 0 aromatic carbocycles. The van der Waals surface area contributed by atoms with Crippen LogP contribution in [0.3, 0.4) is 0 Å². The maximum atomic E-state index is 9.59. The van der Waals surface area contributed by atoms with Crippen molar-refractivity contribution in [1.82, 2.24) is 0 Å². The van der Waals surface area contributed by atoms with Gasteiger partial charge in [-0.15, -0.1) is 0 Å². The third kappa shape index (κ3) is 608. The SMILES string of the molecule is C.C.C.C.C.C.COC.COC(C)=O. The molecular weight excluding hydrogens is 180 g/mol. The zero-order chi connectivity index (χ0) is 6.99. The summed E-state index contributed by atoms with van der Waals surface area (Å²) in [5.41, 5.74) is 0. The number of ether oxygens (including phenoxy) is 2. The Kier molecular flexibility index (Phi) is 416. The average molecular weight is 216 g/mol. The second-order valence-corrected chi connectivity index (χ2v) is 1.10. The highest BCUT2D eigenvalue weighted by atomic mass is 16.5. The van der Waals surface area contributed by atoms with E-state index in [1.54, 1.807) is 14.2 Å². The summed E-state index contributed by atoms with van der Waals surface area (Å²) in [4.78, 5) is 9.59. The van der Waals surface area contributed by atoms with Crippen LogP contribution in [0, 0.1) is 0 Å². The topological polar surface area (TPSA) is 35.5 Å². The fourth-order valence-electron chi connectivity index (χ4n) is 0. The van der Waals surface area contributed by atoms with E-state index in [2.05, 4.69) is 9.47 Å². The highest BCUT2D eigenvalue weighted by Gasteiger charge is 1.75. The van der Waals surface area contributed by atoms with E-state index in [0.717, 1.165) is 0 Å². The molecule has 0 atom stereocenters. The largest absolute Gasteiger partial charge is 0.469 e. The van der Waals surface area contributed by atoms with Crippen molar-refractivity contribution < 1.29 is 14.3 Å². The van der Waals surface area contributed by atoms with E-state index in [1.165, 1.54) is 14.0 Å². The Morgan fingerprint density at radius 1 is 0.786 bits per heavy atom. The van der Waals surface area contributed by atoms with Gasteiger partial charge >= 0.3 is 5.97 Å². The second kappa shape index (κ2) is 82.7. The molecule has 0 heterocycles. The van der Waals surface area contributed by atoms with E-state index in [0.29, 0.717) is 0 Å². The minimum absolute atomic E-state index is 0. The predicted octanol–water partition coefficient (Wildman–Crippen LogP) is 4.26. The number of carbonyl (C=O) groups excluding carboxylic acids is 1. The molecular formula is C11H36O3. The van der Waals surface area contributed by atoms with Crippen molar-refractivity contribution in [3.63, 3.8) is 0 Å². The molecule has 3 heteroatoms. The molecule has 0 N–H and O–H groups in total. The molecule has 0 fully saturated rings. The van der Waals surface area contributed by atoms with Crippen LogP contribution in [0.25, 0.3) is 0 Å². The van der Waals surface area contributed by atoms with Crippen molar-refractivity contribution in [3.05, 3.63) is 0 Å². The lowest BCUT2D eigenvalue weighted by Crippen LogP contribution is -1.88. The lowest BCUT2D eigenvalue weighted by Gasteiger charge is -1.80. The van der Waals surface area contributed by atoms with E-state index in [4.69, 9.17) is 0 Å². The molecule has 0 radical (unpaired) electrons. The molecule has 0 aliphatic heterocycles. The lowest BCUT2D eigenvalue weighted by atomic mass is 10.8. The Morgan fingerprint density at radius 2 is 0.857 bits per heavy atom. The van der Waals surface area contributed by atoms with Gasteiger partial charge in [0.2, 0.25) is 0 Å².